The number of anilines is 1. The number of halogens is 2. The zero-order valence-electron chi connectivity index (χ0n) is 10.4. The average Bonchev–Trinajstić information content (AvgIpc) is 2.32. The smallest absolute Gasteiger partial charge is 0.304 e. The molecule has 0 saturated carbocycles. The molecule has 1 aliphatic rings. The Morgan fingerprint density at radius 1 is 1.40 bits per heavy atom. The summed E-state index contributed by atoms with van der Waals surface area (Å²) in [5.74, 6) is -0.683. The molecule has 2 rings (SSSR count). The first-order valence-corrected chi connectivity index (χ1v) is 8.40. The molecule has 0 atom stereocenters. The second-order valence-electron chi connectivity index (χ2n) is 4.33. The SMILES string of the molecule is NC(=O)CN1CCCN(c2ccc(Br)cc2Cl)S1(=O)=O. The van der Waals surface area contributed by atoms with Gasteiger partial charge in [-0.25, -0.2) is 0 Å². The molecule has 0 aliphatic carbocycles. The number of carbonyl (C=O) groups is 1. The maximum Gasteiger partial charge on any atom is 0.304 e. The summed E-state index contributed by atoms with van der Waals surface area (Å²) in [7, 11) is -3.78. The topological polar surface area (TPSA) is 83.7 Å². The molecule has 1 aliphatic heterocycles. The van der Waals surface area contributed by atoms with Gasteiger partial charge in [-0.3, -0.25) is 9.10 Å². The molecule has 1 heterocycles. The van der Waals surface area contributed by atoms with Gasteiger partial charge in [0.15, 0.2) is 0 Å². The minimum Gasteiger partial charge on any atom is -0.369 e. The van der Waals surface area contributed by atoms with E-state index in [1.165, 1.54) is 4.31 Å². The number of hydrogen-bond acceptors (Lipinski definition) is 3. The van der Waals surface area contributed by atoms with Gasteiger partial charge < -0.3 is 5.73 Å². The molecule has 0 aromatic heterocycles. The molecule has 0 spiro atoms. The van der Waals surface area contributed by atoms with Crippen LogP contribution in [0.5, 0.6) is 0 Å². The third-order valence-corrected chi connectivity index (χ3v) is 5.58. The van der Waals surface area contributed by atoms with Crippen LogP contribution in [0.1, 0.15) is 6.42 Å². The van der Waals surface area contributed by atoms with E-state index in [9.17, 15) is 13.2 Å². The van der Waals surface area contributed by atoms with Crippen molar-refractivity contribution < 1.29 is 13.2 Å². The van der Waals surface area contributed by atoms with Gasteiger partial charge in [0.2, 0.25) is 5.91 Å². The quantitative estimate of drug-likeness (QED) is 0.856. The summed E-state index contributed by atoms with van der Waals surface area (Å²) in [6.07, 6.45) is 0.596. The lowest BCUT2D eigenvalue weighted by molar-refractivity contribution is -0.118. The molecule has 1 saturated heterocycles. The van der Waals surface area contributed by atoms with Gasteiger partial charge in [-0.2, -0.15) is 12.7 Å². The second kappa shape index (κ2) is 5.88. The predicted molar refractivity (Wildman–Crippen MR) is 80.8 cm³/mol. The molecule has 20 heavy (non-hydrogen) atoms. The van der Waals surface area contributed by atoms with Crippen LogP contribution in [0.15, 0.2) is 22.7 Å². The normalized spacial score (nSPS) is 19.0. The van der Waals surface area contributed by atoms with Crippen LogP contribution in [0.2, 0.25) is 5.02 Å². The van der Waals surface area contributed by atoms with E-state index in [0.717, 1.165) is 8.78 Å². The van der Waals surface area contributed by atoms with Gasteiger partial charge >= 0.3 is 10.2 Å². The number of benzene rings is 1. The lowest BCUT2D eigenvalue weighted by atomic mass is 10.3. The van der Waals surface area contributed by atoms with Crippen molar-refractivity contribution in [3.63, 3.8) is 0 Å². The van der Waals surface area contributed by atoms with Crippen LogP contribution in [0.4, 0.5) is 5.69 Å². The number of nitrogens with two attached hydrogens (primary N) is 1. The molecule has 6 nitrogen and oxygen atoms in total. The van der Waals surface area contributed by atoms with Crippen molar-refractivity contribution in [2.45, 2.75) is 6.42 Å². The lowest BCUT2D eigenvalue weighted by Crippen LogP contribution is -2.52. The summed E-state index contributed by atoms with van der Waals surface area (Å²) < 4.78 is 27.9. The molecule has 1 amide bonds. The maximum atomic E-state index is 12.5. The van der Waals surface area contributed by atoms with E-state index in [1.54, 1.807) is 18.2 Å². The first-order valence-electron chi connectivity index (χ1n) is 5.83. The van der Waals surface area contributed by atoms with Crippen LogP contribution >= 0.6 is 27.5 Å². The number of rotatable bonds is 3. The summed E-state index contributed by atoms with van der Waals surface area (Å²) in [6.45, 7) is 0.266. The zero-order chi connectivity index (χ0) is 14.9. The monoisotopic (exact) mass is 381 g/mol. The van der Waals surface area contributed by atoms with Crippen LogP contribution < -0.4 is 10.0 Å². The summed E-state index contributed by atoms with van der Waals surface area (Å²) in [4.78, 5) is 11.0. The Labute approximate surface area is 130 Å². The lowest BCUT2D eigenvalue weighted by Gasteiger charge is -2.35. The second-order valence-corrected chi connectivity index (χ2v) is 7.50. The highest BCUT2D eigenvalue weighted by Crippen LogP contribution is 2.33. The van der Waals surface area contributed by atoms with Crippen LogP contribution in [0.3, 0.4) is 0 Å². The summed E-state index contributed by atoms with van der Waals surface area (Å²) >= 11 is 9.37. The van der Waals surface area contributed by atoms with Crippen LogP contribution in [-0.4, -0.2) is 38.3 Å². The molecule has 1 aromatic rings. The molecule has 2 N–H and O–H groups in total. The van der Waals surface area contributed by atoms with E-state index in [1.807, 2.05) is 0 Å². The first kappa shape index (κ1) is 15.6. The van der Waals surface area contributed by atoms with Gasteiger partial charge in [0, 0.05) is 17.6 Å². The number of carbonyl (C=O) groups excluding carboxylic acids is 1. The standard InChI is InChI=1S/C11H13BrClN3O3S/c12-8-2-3-10(9(13)6-8)16-5-1-4-15(7-11(14)17)20(16,18)19/h2-3,6H,1,4-5,7H2,(H2,14,17). The minimum absolute atomic E-state index is 0.274. The summed E-state index contributed by atoms with van der Waals surface area (Å²) in [5.41, 5.74) is 5.48. The van der Waals surface area contributed by atoms with Crippen molar-refractivity contribution in [2.24, 2.45) is 5.73 Å². The van der Waals surface area contributed by atoms with Crippen molar-refractivity contribution in [1.29, 1.82) is 0 Å². The highest BCUT2D eigenvalue weighted by Gasteiger charge is 2.35. The van der Waals surface area contributed by atoms with Gasteiger partial charge in [0.1, 0.15) is 0 Å². The fraction of sp³-hybridized carbons (Fsp3) is 0.364. The highest BCUT2D eigenvalue weighted by molar-refractivity contribution is 9.10. The third kappa shape index (κ3) is 3.08. The maximum absolute atomic E-state index is 12.5. The number of nitrogens with zero attached hydrogens (tertiary/aromatic N) is 2. The molecule has 9 heteroatoms. The first-order chi connectivity index (χ1) is 9.32. The van der Waals surface area contributed by atoms with E-state index in [-0.39, 0.29) is 13.1 Å². The van der Waals surface area contributed by atoms with Gasteiger partial charge in [0.25, 0.3) is 0 Å². The van der Waals surface area contributed by atoms with E-state index < -0.39 is 16.1 Å². The number of hydrogen-bond donors (Lipinski definition) is 1. The molecule has 1 fully saturated rings. The van der Waals surface area contributed by atoms with Gasteiger partial charge in [0.05, 0.1) is 17.3 Å². The Morgan fingerprint density at radius 2 is 2.10 bits per heavy atom. The molecular weight excluding hydrogens is 370 g/mol. The molecule has 110 valence electrons. The molecule has 0 bridgehead atoms. The number of amides is 1. The van der Waals surface area contributed by atoms with Crippen molar-refractivity contribution >= 4 is 49.3 Å². The minimum atomic E-state index is -3.78. The van der Waals surface area contributed by atoms with Gasteiger partial charge in [-0.15, -0.1) is 0 Å². The van der Waals surface area contributed by atoms with Crippen LogP contribution in [0, 0.1) is 0 Å². The molecule has 0 unspecified atom stereocenters. The summed E-state index contributed by atoms with van der Waals surface area (Å²) in [6, 6.07) is 4.96. The van der Waals surface area contributed by atoms with Gasteiger partial charge in [-0.1, -0.05) is 27.5 Å². The van der Waals surface area contributed by atoms with Crippen molar-refractivity contribution in [3.05, 3.63) is 27.7 Å². The zero-order valence-corrected chi connectivity index (χ0v) is 13.6. The van der Waals surface area contributed by atoms with E-state index >= 15 is 0 Å². The molecular formula is C11H13BrClN3O3S. The van der Waals surface area contributed by atoms with Crippen molar-refractivity contribution in [2.75, 3.05) is 23.9 Å². The van der Waals surface area contributed by atoms with E-state index in [0.29, 0.717) is 23.7 Å². The van der Waals surface area contributed by atoms with Crippen LogP contribution in [0.25, 0.3) is 0 Å². The Balaban J connectivity index is 2.38. The fourth-order valence-corrected chi connectivity index (χ4v) is 4.55. The molecule has 0 radical (unpaired) electrons. The Hall–Kier alpha value is -0.830. The highest BCUT2D eigenvalue weighted by atomic mass is 79.9. The Kier molecular flexibility index (Phi) is 4.58. The summed E-state index contributed by atoms with van der Waals surface area (Å²) in [5, 5.41) is 0.323. The van der Waals surface area contributed by atoms with Crippen LogP contribution in [-0.2, 0) is 15.0 Å². The number of primary amides is 1. The average molecular weight is 383 g/mol. The third-order valence-electron chi connectivity index (χ3n) is 2.88. The van der Waals surface area contributed by atoms with Crippen molar-refractivity contribution in [1.82, 2.24) is 4.31 Å². The van der Waals surface area contributed by atoms with E-state index in [4.69, 9.17) is 17.3 Å². The van der Waals surface area contributed by atoms with Gasteiger partial charge in [-0.05, 0) is 24.6 Å². The predicted octanol–water partition coefficient (Wildman–Crippen LogP) is 1.34. The van der Waals surface area contributed by atoms with Crippen molar-refractivity contribution in [3.8, 4) is 0 Å². The Bertz CT molecular complexity index is 638. The Morgan fingerprint density at radius 3 is 2.70 bits per heavy atom. The van der Waals surface area contributed by atoms with E-state index in [2.05, 4.69) is 15.9 Å². The fourth-order valence-electron chi connectivity index (χ4n) is 2.02. The largest absolute Gasteiger partial charge is 0.369 e. The molecule has 1 aromatic carbocycles.